The first-order valence-corrected chi connectivity index (χ1v) is 7.42. The maximum atomic E-state index is 13.7. The summed E-state index contributed by atoms with van der Waals surface area (Å²) in [6, 6.07) is 6.47. The number of hydrogen-bond donors (Lipinski definition) is 1. The molecular formula is C14H12FN5OS. The lowest BCUT2D eigenvalue weighted by Gasteiger charge is -2.06. The number of aryl methyl sites for hydroxylation is 1. The van der Waals surface area contributed by atoms with Crippen molar-refractivity contribution in [1.29, 1.82) is 0 Å². The molecule has 0 bridgehead atoms. The number of anilines is 1. The number of carbonyl (C=O) groups excluding carboxylic acids is 1. The molecular weight excluding hydrogens is 305 g/mol. The van der Waals surface area contributed by atoms with Crippen molar-refractivity contribution in [3.8, 4) is 11.4 Å². The summed E-state index contributed by atoms with van der Waals surface area (Å²) >= 11 is 1.52. The molecule has 3 rings (SSSR count). The number of hydrogen-bond acceptors (Lipinski definition) is 5. The molecule has 8 heteroatoms. The average Bonchev–Trinajstić information content (AvgIpc) is 3.12. The van der Waals surface area contributed by atoms with Gasteiger partial charge in [-0.05, 0) is 41.3 Å². The molecule has 22 heavy (non-hydrogen) atoms. The number of aromatic nitrogens is 4. The third kappa shape index (κ3) is 3.17. The van der Waals surface area contributed by atoms with Crippen LogP contribution in [0.2, 0.25) is 0 Å². The smallest absolute Gasteiger partial charge is 0.248 e. The van der Waals surface area contributed by atoms with Gasteiger partial charge in [-0.15, -0.1) is 10.2 Å². The number of benzene rings is 1. The van der Waals surface area contributed by atoms with Crippen LogP contribution in [0.3, 0.4) is 0 Å². The van der Waals surface area contributed by atoms with Gasteiger partial charge in [-0.2, -0.15) is 16.1 Å². The van der Waals surface area contributed by atoms with Crippen LogP contribution in [0.15, 0.2) is 35.0 Å². The van der Waals surface area contributed by atoms with E-state index in [1.807, 2.05) is 16.8 Å². The van der Waals surface area contributed by atoms with Gasteiger partial charge in [0.1, 0.15) is 12.4 Å². The van der Waals surface area contributed by atoms with E-state index in [0.717, 1.165) is 11.1 Å². The molecule has 0 saturated carbocycles. The van der Waals surface area contributed by atoms with Gasteiger partial charge in [0.15, 0.2) is 0 Å². The predicted molar refractivity (Wildman–Crippen MR) is 80.9 cm³/mol. The molecule has 0 unspecified atom stereocenters. The minimum Gasteiger partial charge on any atom is -0.322 e. The second-order valence-corrected chi connectivity index (χ2v) is 5.47. The summed E-state index contributed by atoms with van der Waals surface area (Å²) in [4.78, 5) is 13.1. The number of amides is 1. The Morgan fingerprint density at radius 1 is 1.41 bits per heavy atom. The van der Waals surface area contributed by atoms with E-state index >= 15 is 0 Å². The summed E-state index contributed by atoms with van der Waals surface area (Å²) in [6.45, 7) is 1.64. The first-order chi connectivity index (χ1) is 10.6. The minimum absolute atomic E-state index is 0.133. The topological polar surface area (TPSA) is 72.7 Å². The van der Waals surface area contributed by atoms with Gasteiger partial charge in [-0.25, -0.2) is 4.39 Å². The van der Waals surface area contributed by atoms with Crippen LogP contribution in [-0.4, -0.2) is 26.1 Å². The first-order valence-electron chi connectivity index (χ1n) is 6.48. The van der Waals surface area contributed by atoms with Crippen LogP contribution in [-0.2, 0) is 11.3 Å². The van der Waals surface area contributed by atoms with E-state index in [9.17, 15) is 9.18 Å². The fraction of sp³-hybridized carbons (Fsp3) is 0.143. The molecule has 0 fully saturated rings. The van der Waals surface area contributed by atoms with Crippen LogP contribution in [0, 0.1) is 12.7 Å². The van der Waals surface area contributed by atoms with Crippen molar-refractivity contribution in [2.75, 3.05) is 5.32 Å². The highest BCUT2D eigenvalue weighted by Crippen LogP contribution is 2.17. The molecule has 1 amide bonds. The van der Waals surface area contributed by atoms with Gasteiger partial charge in [0, 0.05) is 10.9 Å². The zero-order chi connectivity index (χ0) is 15.5. The van der Waals surface area contributed by atoms with E-state index in [1.165, 1.54) is 28.3 Å². The van der Waals surface area contributed by atoms with Crippen LogP contribution in [0.4, 0.5) is 10.1 Å². The number of halogens is 1. The number of nitrogens with one attached hydrogen (secondary N) is 1. The zero-order valence-electron chi connectivity index (χ0n) is 11.7. The van der Waals surface area contributed by atoms with Crippen LogP contribution in [0.5, 0.6) is 0 Å². The van der Waals surface area contributed by atoms with Gasteiger partial charge in [-0.1, -0.05) is 6.07 Å². The average molecular weight is 317 g/mol. The van der Waals surface area contributed by atoms with Crippen molar-refractivity contribution in [3.05, 3.63) is 46.4 Å². The molecule has 0 aliphatic rings. The standard InChI is InChI=1S/C14H12FN5OS/c1-9-2-3-12(11(15)6-9)16-13(21)7-20-18-14(17-19-20)10-4-5-22-8-10/h2-6,8H,7H2,1H3,(H,16,21). The van der Waals surface area contributed by atoms with Crippen molar-refractivity contribution in [2.45, 2.75) is 13.5 Å². The Kier molecular flexibility index (Phi) is 3.92. The SMILES string of the molecule is Cc1ccc(NC(=O)Cn2nnc(-c3ccsc3)n2)c(F)c1. The Labute approximate surface area is 129 Å². The molecule has 0 aliphatic heterocycles. The largest absolute Gasteiger partial charge is 0.322 e. The molecule has 2 heterocycles. The van der Waals surface area contributed by atoms with E-state index in [1.54, 1.807) is 13.0 Å². The monoisotopic (exact) mass is 317 g/mol. The molecule has 0 saturated heterocycles. The normalized spacial score (nSPS) is 10.6. The molecule has 0 radical (unpaired) electrons. The Morgan fingerprint density at radius 2 is 2.27 bits per heavy atom. The van der Waals surface area contributed by atoms with E-state index in [0.29, 0.717) is 5.82 Å². The maximum absolute atomic E-state index is 13.7. The Hall–Kier alpha value is -2.61. The summed E-state index contributed by atoms with van der Waals surface area (Å²) in [5.41, 5.74) is 1.77. The quantitative estimate of drug-likeness (QED) is 0.802. The van der Waals surface area contributed by atoms with Gasteiger partial charge in [0.2, 0.25) is 11.7 Å². The van der Waals surface area contributed by atoms with Gasteiger partial charge in [0.25, 0.3) is 0 Å². The summed E-state index contributed by atoms with van der Waals surface area (Å²) < 4.78 is 13.7. The van der Waals surface area contributed by atoms with Crippen molar-refractivity contribution in [1.82, 2.24) is 20.2 Å². The van der Waals surface area contributed by atoms with Crippen LogP contribution < -0.4 is 5.32 Å². The highest BCUT2D eigenvalue weighted by molar-refractivity contribution is 7.08. The van der Waals surface area contributed by atoms with Gasteiger partial charge in [-0.3, -0.25) is 4.79 Å². The van der Waals surface area contributed by atoms with Crippen LogP contribution in [0.25, 0.3) is 11.4 Å². The Bertz CT molecular complexity index is 799. The molecule has 2 aromatic heterocycles. The number of carbonyl (C=O) groups is 1. The molecule has 1 aromatic carbocycles. The molecule has 0 atom stereocenters. The lowest BCUT2D eigenvalue weighted by Crippen LogP contribution is -2.21. The number of tetrazole rings is 1. The summed E-state index contributed by atoms with van der Waals surface area (Å²) in [5, 5.41) is 18.1. The molecule has 112 valence electrons. The number of thiophene rings is 1. The highest BCUT2D eigenvalue weighted by atomic mass is 32.1. The second-order valence-electron chi connectivity index (χ2n) is 4.69. The van der Waals surface area contributed by atoms with Crippen molar-refractivity contribution in [3.63, 3.8) is 0 Å². The van der Waals surface area contributed by atoms with Crippen molar-refractivity contribution in [2.24, 2.45) is 0 Å². The fourth-order valence-electron chi connectivity index (χ4n) is 1.86. The van der Waals surface area contributed by atoms with E-state index in [-0.39, 0.29) is 12.2 Å². The predicted octanol–water partition coefficient (Wildman–Crippen LogP) is 2.49. The highest BCUT2D eigenvalue weighted by Gasteiger charge is 2.11. The molecule has 1 N–H and O–H groups in total. The summed E-state index contributed by atoms with van der Waals surface area (Å²) in [5.74, 6) is -0.438. The first kappa shape index (κ1) is 14.3. The van der Waals surface area contributed by atoms with Gasteiger partial charge < -0.3 is 5.32 Å². The maximum Gasteiger partial charge on any atom is 0.248 e. The molecule has 0 aliphatic carbocycles. The van der Waals surface area contributed by atoms with Gasteiger partial charge >= 0.3 is 0 Å². The molecule has 6 nitrogen and oxygen atoms in total. The van der Waals surface area contributed by atoms with Crippen molar-refractivity contribution >= 4 is 22.9 Å². The van der Waals surface area contributed by atoms with Crippen molar-refractivity contribution < 1.29 is 9.18 Å². The summed E-state index contributed by atoms with van der Waals surface area (Å²) in [7, 11) is 0. The second kappa shape index (κ2) is 6.02. The van der Waals surface area contributed by atoms with E-state index in [4.69, 9.17) is 0 Å². The molecule has 3 aromatic rings. The lowest BCUT2D eigenvalue weighted by atomic mass is 10.2. The fourth-order valence-corrected chi connectivity index (χ4v) is 2.49. The number of rotatable bonds is 4. The molecule has 0 spiro atoms. The van der Waals surface area contributed by atoms with E-state index < -0.39 is 11.7 Å². The van der Waals surface area contributed by atoms with Crippen LogP contribution >= 0.6 is 11.3 Å². The van der Waals surface area contributed by atoms with Gasteiger partial charge in [0.05, 0.1) is 5.69 Å². The third-order valence-electron chi connectivity index (χ3n) is 2.92. The lowest BCUT2D eigenvalue weighted by molar-refractivity contribution is -0.117. The Balaban J connectivity index is 1.67. The zero-order valence-corrected chi connectivity index (χ0v) is 12.5. The Morgan fingerprint density at radius 3 is 3.00 bits per heavy atom. The third-order valence-corrected chi connectivity index (χ3v) is 3.60. The number of nitrogens with zero attached hydrogens (tertiary/aromatic N) is 4. The van der Waals surface area contributed by atoms with Crippen LogP contribution in [0.1, 0.15) is 5.56 Å². The summed E-state index contributed by atoms with van der Waals surface area (Å²) in [6.07, 6.45) is 0. The van der Waals surface area contributed by atoms with E-state index in [2.05, 4.69) is 20.7 Å². The minimum atomic E-state index is -0.473.